The topological polar surface area (TPSA) is 21.7 Å². The third kappa shape index (κ3) is 3.91. The minimum Gasteiger partial charge on any atom is -0.465 e. The lowest BCUT2D eigenvalue weighted by Crippen LogP contribution is -2.48. The summed E-state index contributed by atoms with van der Waals surface area (Å²) < 4.78 is 11.1. The highest BCUT2D eigenvalue weighted by Gasteiger charge is 2.29. The van der Waals surface area contributed by atoms with E-state index in [-0.39, 0.29) is 5.60 Å². The smallest absolute Gasteiger partial charge is 0.260 e. The first-order valence-corrected chi connectivity index (χ1v) is 6.26. The first kappa shape index (κ1) is 13.7. The van der Waals surface area contributed by atoms with Gasteiger partial charge in [-0.2, -0.15) is 0 Å². The predicted octanol–water partition coefficient (Wildman–Crippen LogP) is 2.59. The Morgan fingerprint density at radius 1 is 1.38 bits per heavy atom. The Morgan fingerprint density at radius 3 is 2.44 bits per heavy atom. The minimum atomic E-state index is -0.213. The van der Waals surface area contributed by atoms with Crippen LogP contribution in [0.25, 0.3) is 0 Å². The van der Waals surface area contributed by atoms with Crippen LogP contribution < -0.4 is 0 Å². The van der Waals surface area contributed by atoms with E-state index in [0.29, 0.717) is 17.3 Å². The van der Waals surface area contributed by atoms with Crippen LogP contribution in [0.1, 0.15) is 40.5 Å². The summed E-state index contributed by atoms with van der Waals surface area (Å²) >= 11 is 5.34. The number of likely N-dealkylation sites (tertiary alicyclic amines) is 1. The summed E-state index contributed by atoms with van der Waals surface area (Å²) in [5.74, 6) is 0. The van der Waals surface area contributed by atoms with Gasteiger partial charge in [0.15, 0.2) is 0 Å². The molecule has 94 valence electrons. The van der Waals surface area contributed by atoms with Crippen LogP contribution in [-0.4, -0.2) is 41.5 Å². The molecule has 16 heavy (non-hydrogen) atoms. The lowest BCUT2D eigenvalue weighted by Gasteiger charge is -2.39. The zero-order chi connectivity index (χ0) is 12.3. The molecule has 1 fully saturated rings. The molecule has 1 saturated heterocycles. The maximum Gasteiger partial charge on any atom is 0.260 e. The van der Waals surface area contributed by atoms with Gasteiger partial charge in [-0.15, -0.1) is 0 Å². The molecule has 1 aliphatic heterocycles. The van der Waals surface area contributed by atoms with Gasteiger partial charge in [-0.25, -0.2) is 0 Å². The van der Waals surface area contributed by atoms with E-state index >= 15 is 0 Å². The van der Waals surface area contributed by atoms with Gasteiger partial charge in [0.2, 0.25) is 0 Å². The van der Waals surface area contributed by atoms with Gasteiger partial charge in [0.25, 0.3) is 5.17 Å². The summed E-state index contributed by atoms with van der Waals surface area (Å²) in [6.45, 7) is 9.15. The molecule has 0 saturated carbocycles. The molecule has 0 N–H and O–H groups in total. The maximum atomic E-state index is 5.73. The van der Waals surface area contributed by atoms with Crippen LogP contribution in [0.2, 0.25) is 0 Å². The molecular weight excluding hydrogens is 222 g/mol. The van der Waals surface area contributed by atoms with Crippen LogP contribution in [-0.2, 0) is 9.47 Å². The van der Waals surface area contributed by atoms with Gasteiger partial charge in [-0.05, 0) is 52.8 Å². The van der Waals surface area contributed by atoms with E-state index in [0.717, 1.165) is 19.4 Å². The zero-order valence-electron chi connectivity index (χ0n) is 10.9. The average molecular weight is 245 g/mol. The fraction of sp³-hybridized carbons (Fsp3) is 0.917. The molecule has 1 aliphatic rings. The third-order valence-corrected chi connectivity index (χ3v) is 3.11. The Kier molecular flexibility index (Phi) is 4.56. The first-order valence-electron chi connectivity index (χ1n) is 5.86. The Hall–Kier alpha value is -0.350. The summed E-state index contributed by atoms with van der Waals surface area (Å²) in [7, 11) is 1.77. The average Bonchev–Trinajstić information content (AvgIpc) is 2.14. The SMILES string of the molecule is CO[C@@H]1CCN(C(=S)OC(C)(C)C)[C@@H](C)C1. The standard InChI is InChI=1S/C12H23NO2S/c1-9-8-10(14-5)6-7-13(9)11(16)15-12(2,3)4/h9-10H,6-8H2,1-5H3/t9-,10+/m0/s1. The molecule has 0 aliphatic carbocycles. The molecule has 0 aromatic rings. The van der Waals surface area contributed by atoms with Crippen LogP contribution >= 0.6 is 12.2 Å². The molecule has 0 aromatic heterocycles. The van der Waals surface area contributed by atoms with Crippen molar-refractivity contribution in [3.05, 3.63) is 0 Å². The highest BCUT2D eigenvalue weighted by atomic mass is 32.1. The number of nitrogens with zero attached hydrogens (tertiary/aromatic N) is 1. The molecule has 0 amide bonds. The van der Waals surface area contributed by atoms with E-state index < -0.39 is 0 Å². The molecule has 4 heteroatoms. The van der Waals surface area contributed by atoms with E-state index in [1.807, 2.05) is 20.8 Å². The van der Waals surface area contributed by atoms with E-state index in [4.69, 9.17) is 21.7 Å². The van der Waals surface area contributed by atoms with Crippen molar-refractivity contribution in [1.29, 1.82) is 0 Å². The van der Waals surface area contributed by atoms with Gasteiger partial charge in [-0.3, -0.25) is 0 Å². The van der Waals surface area contributed by atoms with Gasteiger partial charge >= 0.3 is 0 Å². The van der Waals surface area contributed by atoms with Crippen LogP contribution in [0.5, 0.6) is 0 Å². The molecule has 0 aromatic carbocycles. The quantitative estimate of drug-likeness (QED) is 0.662. The molecule has 2 atom stereocenters. The summed E-state index contributed by atoms with van der Waals surface area (Å²) in [4.78, 5) is 2.16. The van der Waals surface area contributed by atoms with Gasteiger partial charge in [-0.1, -0.05) is 0 Å². The van der Waals surface area contributed by atoms with Crippen molar-refractivity contribution in [2.45, 2.75) is 58.3 Å². The highest BCUT2D eigenvalue weighted by molar-refractivity contribution is 7.80. The van der Waals surface area contributed by atoms with E-state index in [9.17, 15) is 0 Å². The number of piperidine rings is 1. The summed E-state index contributed by atoms with van der Waals surface area (Å²) in [5, 5.41) is 0.620. The Morgan fingerprint density at radius 2 is 2.00 bits per heavy atom. The molecule has 0 bridgehead atoms. The van der Waals surface area contributed by atoms with Crippen LogP contribution in [0.3, 0.4) is 0 Å². The van der Waals surface area contributed by atoms with Crippen molar-refractivity contribution in [1.82, 2.24) is 4.90 Å². The Balaban J connectivity index is 2.52. The molecule has 1 heterocycles. The fourth-order valence-electron chi connectivity index (χ4n) is 1.93. The lowest BCUT2D eigenvalue weighted by molar-refractivity contribution is 0.0205. The van der Waals surface area contributed by atoms with Crippen molar-refractivity contribution in [3.8, 4) is 0 Å². The molecular formula is C12H23NO2S. The van der Waals surface area contributed by atoms with Crippen molar-refractivity contribution >= 4 is 17.4 Å². The second-order valence-corrected chi connectivity index (χ2v) is 5.75. The minimum absolute atomic E-state index is 0.213. The summed E-state index contributed by atoms with van der Waals surface area (Å²) in [6, 6.07) is 0.397. The van der Waals surface area contributed by atoms with Gasteiger partial charge < -0.3 is 14.4 Å². The van der Waals surface area contributed by atoms with E-state index in [2.05, 4.69) is 11.8 Å². The first-order chi connectivity index (χ1) is 7.33. The van der Waals surface area contributed by atoms with Crippen LogP contribution in [0.15, 0.2) is 0 Å². The largest absolute Gasteiger partial charge is 0.465 e. The molecule has 1 rings (SSSR count). The van der Waals surface area contributed by atoms with Crippen LogP contribution in [0, 0.1) is 0 Å². The summed E-state index contributed by atoms with van der Waals surface area (Å²) in [6.07, 6.45) is 2.40. The van der Waals surface area contributed by atoms with E-state index in [1.54, 1.807) is 7.11 Å². The third-order valence-electron chi connectivity index (χ3n) is 2.79. The molecule has 0 unspecified atom stereocenters. The number of rotatable bonds is 1. The fourth-order valence-corrected chi connectivity index (χ4v) is 2.46. The van der Waals surface area contributed by atoms with Gasteiger partial charge in [0.1, 0.15) is 5.60 Å². The highest BCUT2D eigenvalue weighted by Crippen LogP contribution is 2.21. The Labute approximate surface area is 104 Å². The second-order valence-electron chi connectivity index (χ2n) is 5.40. The monoisotopic (exact) mass is 245 g/mol. The maximum absolute atomic E-state index is 5.73. The van der Waals surface area contributed by atoms with Crippen molar-refractivity contribution in [2.24, 2.45) is 0 Å². The van der Waals surface area contributed by atoms with Crippen molar-refractivity contribution in [3.63, 3.8) is 0 Å². The van der Waals surface area contributed by atoms with Crippen molar-refractivity contribution in [2.75, 3.05) is 13.7 Å². The van der Waals surface area contributed by atoms with Gasteiger partial charge in [0.05, 0.1) is 6.10 Å². The van der Waals surface area contributed by atoms with Gasteiger partial charge in [0, 0.05) is 19.7 Å². The van der Waals surface area contributed by atoms with Crippen LogP contribution in [0.4, 0.5) is 0 Å². The normalized spacial score (nSPS) is 26.7. The number of hydrogen-bond donors (Lipinski definition) is 0. The number of hydrogen-bond acceptors (Lipinski definition) is 3. The lowest BCUT2D eigenvalue weighted by atomic mass is 10.0. The number of thiocarbonyl (C=S) groups is 1. The molecule has 0 radical (unpaired) electrons. The molecule has 3 nitrogen and oxygen atoms in total. The summed E-state index contributed by atoms with van der Waals surface area (Å²) in [5.41, 5.74) is -0.213. The number of methoxy groups -OCH3 is 1. The molecule has 0 spiro atoms. The zero-order valence-corrected chi connectivity index (χ0v) is 11.8. The Bertz CT molecular complexity index is 250. The van der Waals surface area contributed by atoms with Crippen molar-refractivity contribution < 1.29 is 9.47 Å². The van der Waals surface area contributed by atoms with E-state index in [1.165, 1.54) is 0 Å². The number of ether oxygens (including phenoxy) is 2. The second kappa shape index (κ2) is 5.32. The predicted molar refractivity (Wildman–Crippen MR) is 69.6 cm³/mol.